The van der Waals surface area contributed by atoms with Gasteiger partial charge in [0, 0.05) is 11.3 Å². The van der Waals surface area contributed by atoms with Crippen LogP contribution in [0.15, 0.2) is 47.4 Å². The van der Waals surface area contributed by atoms with Crippen molar-refractivity contribution in [2.24, 2.45) is 0 Å². The molecular formula is C22H25N3O3S. The first kappa shape index (κ1) is 20.9. The Morgan fingerprint density at radius 1 is 1.07 bits per heavy atom. The fourth-order valence-corrected chi connectivity index (χ4v) is 5.02. The van der Waals surface area contributed by atoms with E-state index in [0.717, 1.165) is 24.8 Å². The number of carbonyl (C=O) groups is 1. The van der Waals surface area contributed by atoms with E-state index in [2.05, 4.69) is 16.1 Å². The standard InChI is InChI=1S/C22H25N3O3S/c1-16-9-10-17(2)20(13-16)29(27,28)25-19-8-6-7-18(14-19)21(26)24-22(15-23)11-4-3-5-12-22/h6-10,13-14,25H,3-5,11-12H2,1-2H3,(H,24,26). The molecule has 1 aliphatic carbocycles. The van der Waals surface area contributed by atoms with E-state index < -0.39 is 15.6 Å². The van der Waals surface area contributed by atoms with Crippen LogP contribution < -0.4 is 10.0 Å². The third kappa shape index (κ3) is 4.77. The fraction of sp³-hybridized carbons (Fsp3) is 0.364. The van der Waals surface area contributed by atoms with Crippen LogP contribution in [0.5, 0.6) is 0 Å². The van der Waals surface area contributed by atoms with Gasteiger partial charge in [0.2, 0.25) is 0 Å². The van der Waals surface area contributed by atoms with E-state index >= 15 is 0 Å². The SMILES string of the molecule is Cc1ccc(C)c(S(=O)(=O)Nc2cccc(C(=O)NC3(C#N)CCCCC3)c2)c1. The lowest BCUT2D eigenvalue weighted by atomic mass is 9.82. The minimum atomic E-state index is -3.79. The molecule has 7 heteroatoms. The molecule has 152 valence electrons. The van der Waals surface area contributed by atoms with Gasteiger partial charge in [0.15, 0.2) is 0 Å². The second-order valence-corrected chi connectivity index (χ2v) is 9.31. The monoisotopic (exact) mass is 411 g/mol. The maximum Gasteiger partial charge on any atom is 0.262 e. The maximum absolute atomic E-state index is 12.8. The number of aryl methyl sites for hydroxylation is 2. The first-order valence-electron chi connectivity index (χ1n) is 9.69. The zero-order valence-electron chi connectivity index (χ0n) is 16.7. The highest BCUT2D eigenvalue weighted by Crippen LogP contribution is 2.28. The van der Waals surface area contributed by atoms with Crippen molar-refractivity contribution in [2.45, 2.75) is 56.4 Å². The van der Waals surface area contributed by atoms with Crippen molar-refractivity contribution in [2.75, 3.05) is 4.72 Å². The summed E-state index contributed by atoms with van der Waals surface area (Å²) in [5.41, 5.74) is 1.26. The number of hydrogen-bond acceptors (Lipinski definition) is 4. The van der Waals surface area contributed by atoms with Gasteiger partial charge in [0.1, 0.15) is 5.54 Å². The highest BCUT2D eigenvalue weighted by molar-refractivity contribution is 7.92. The van der Waals surface area contributed by atoms with Gasteiger partial charge in [-0.15, -0.1) is 0 Å². The molecule has 0 aromatic heterocycles. The van der Waals surface area contributed by atoms with E-state index in [0.29, 0.717) is 29.7 Å². The van der Waals surface area contributed by atoms with Gasteiger partial charge in [0.25, 0.3) is 15.9 Å². The van der Waals surface area contributed by atoms with Crippen LogP contribution in [0.2, 0.25) is 0 Å². The van der Waals surface area contributed by atoms with E-state index in [1.54, 1.807) is 37.3 Å². The molecule has 1 amide bonds. The Hall–Kier alpha value is -2.85. The highest BCUT2D eigenvalue weighted by Gasteiger charge is 2.33. The molecule has 0 spiro atoms. The van der Waals surface area contributed by atoms with Gasteiger partial charge >= 0.3 is 0 Å². The maximum atomic E-state index is 12.8. The predicted octanol–water partition coefficient (Wildman–Crippen LogP) is 4.06. The highest BCUT2D eigenvalue weighted by atomic mass is 32.2. The molecule has 3 rings (SSSR count). The zero-order chi connectivity index (χ0) is 21.1. The van der Waals surface area contributed by atoms with Gasteiger partial charge in [-0.1, -0.05) is 37.5 Å². The third-order valence-electron chi connectivity index (χ3n) is 5.28. The quantitative estimate of drug-likeness (QED) is 0.775. The first-order valence-corrected chi connectivity index (χ1v) is 11.2. The molecule has 0 unspecified atom stereocenters. The number of hydrogen-bond donors (Lipinski definition) is 2. The minimum absolute atomic E-state index is 0.206. The van der Waals surface area contributed by atoms with Gasteiger partial charge in [-0.3, -0.25) is 9.52 Å². The number of sulfonamides is 1. The van der Waals surface area contributed by atoms with E-state index in [1.165, 1.54) is 6.07 Å². The fourth-order valence-electron chi connectivity index (χ4n) is 3.64. The molecule has 1 aliphatic rings. The van der Waals surface area contributed by atoms with Gasteiger partial charge in [0.05, 0.1) is 11.0 Å². The molecule has 0 saturated heterocycles. The summed E-state index contributed by atoms with van der Waals surface area (Å²) in [7, 11) is -3.79. The lowest BCUT2D eigenvalue weighted by Crippen LogP contribution is -2.48. The number of nitriles is 1. The van der Waals surface area contributed by atoms with Crippen LogP contribution in [0.1, 0.15) is 53.6 Å². The van der Waals surface area contributed by atoms with Crippen molar-refractivity contribution < 1.29 is 13.2 Å². The Balaban J connectivity index is 1.81. The van der Waals surface area contributed by atoms with Gasteiger partial charge < -0.3 is 5.32 Å². The number of nitrogens with zero attached hydrogens (tertiary/aromatic N) is 1. The average Bonchev–Trinajstić information content (AvgIpc) is 2.70. The van der Waals surface area contributed by atoms with Gasteiger partial charge in [-0.25, -0.2) is 8.42 Å². The Kier molecular flexibility index (Phi) is 5.94. The summed E-state index contributed by atoms with van der Waals surface area (Å²) in [6, 6.07) is 13.8. The molecule has 6 nitrogen and oxygen atoms in total. The van der Waals surface area contributed by atoms with Crippen LogP contribution in [-0.2, 0) is 10.0 Å². The molecule has 2 N–H and O–H groups in total. The summed E-state index contributed by atoms with van der Waals surface area (Å²) in [5.74, 6) is -0.374. The second-order valence-electron chi connectivity index (χ2n) is 7.66. The molecule has 0 atom stereocenters. The van der Waals surface area contributed by atoms with Crippen molar-refractivity contribution in [1.29, 1.82) is 5.26 Å². The van der Waals surface area contributed by atoms with Gasteiger partial charge in [-0.2, -0.15) is 5.26 Å². The van der Waals surface area contributed by atoms with E-state index in [4.69, 9.17) is 0 Å². The number of rotatable bonds is 5. The number of nitrogens with one attached hydrogen (secondary N) is 2. The largest absolute Gasteiger partial charge is 0.334 e. The predicted molar refractivity (Wildman–Crippen MR) is 112 cm³/mol. The van der Waals surface area contributed by atoms with Crippen molar-refractivity contribution in [3.8, 4) is 6.07 Å². The summed E-state index contributed by atoms with van der Waals surface area (Å²) in [5, 5.41) is 12.4. The first-order chi connectivity index (χ1) is 13.7. The van der Waals surface area contributed by atoms with Crippen LogP contribution in [0.4, 0.5) is 5.69 Å². The van der Waals surface area contributed by atoms with Crippen LogP contribution in [-0.4, -0.2) is 19.9 Å². The van der Waals surface area contributed by atoms with Gasteiger partial charge in [-0.05, 0) is 62.1 Å². The molecule has 0 radical (unpaired) electrons. The third-order valence-corrected chi connectivity index (χ3v) is 6.81. The minimum Gasteiger partial charge on any atom is -0.334 e. The number of carbonyl (C=O) groups excluding carboxylic acids is 1. The summed E-state index contributed by atoms with van der Waals surface area (Å²) in [6.45, 7) is 3.57. The van der Waals surface area contributed by atoms with Crippen LogP contribution in [0, 0.1) is 25.2 Å². The molecule has 1 fully saturated rings. The molecular weight excluding hydrogens is 386 g/mol. The molecule has 0 bridgehead atoms. The Bertz CT molecular complexity index is 1060. The molecule has 0 heterocycles. The second kappa shape index (κ2) is 8.26. The van der Waals surface area contributed by atoms with Crippen LogP contribution >= 0.6 is 0 Å². The topological polar surface area (TPSA) is 99.1 Å². The molecule has 0 aliphatic heterocycles. The molecule has 1 saturated carbocycles. The van der Waals surface area contributed by atoms with Crippen LogP contribution in [0.25, 0.3) is 0 Å². The number of amides is 1. The number of benzene rings is 2. The Labute approximate surface area is 172 Å². The Morgan fingerprint density at radius 3 is 2.48 bits per heavy atom. The van der Waals surface area contributed by atoms with Crippen LogP contribution in [0.3, 0.4) is 0 Å². The van der Waals surface area contributed by atoms with Crippen molar-refractivity contribution in [1.82, 2.24) is 5.32 Å². The summed E-state index contributed by atoms with van der Waals surface area (Å²) in [6.07, 6.45) is 4.14. The molecule has 29 heavy (non-hydrogen) atoms. The lowest BCUT2D eigenvalue weighted by Gasteiger charge is -2.31. The van der Waals surface area contributed by atoms with E-state index in [1.807, 2.05) is 13.0 Å². The summed E-state index contributed by atoms with van der Waals surface area (Å²) >= 11 is 0. The Morgan fingerprint density at radius 2 is 1.79 bits per heavy atom. The van der Waals surface area contributed by atoms with Crippen molar-refractivity contribution >= 4 is 21.6 Å². The average molecular weight is 412 g/mol. The summed E-state index contributed by atoms with van der Waals surface area (Å²) < 4.78 is 28.2. The number of anilines is 1. The molecule has 2 aromatic rings. The van der Waals surface area contributed by atoms with Crippen molar-refractivity contribution in [3.63, 3.8) is 0 Å². The lowest BCUT2D eigenvalue weighted by molar-refractivity contribution is 0.0902. The normalized spacial score (nSPS) is 15.9. The zero-order valence-corrected chi connectivity index (χ0v) is 17.5. The van der Waals surface area contributed by atoms with E-state index in [-0.39, 0.29) is 10.8 Å². The van der Waals surface area contributed by atoms with Crippen molar-refractivity contribution in [3.05, 3.63) is 59.2 Å². The summed E-state index contributed by atoms with van der Waals surface area (Å²) in [4.78, 5) is 12.9. The smallest absolute Gasteiger partial charge is 0.262 e. The van der Waals surface area contributed by atoms with E-state index in [9.17, 15) is 18.5 Å². The molecule has 2 aromatic carbocycles.